The van der Waals surface area contributed by atoms with Gasteiger partial charge in [-0.2, -0.15) is 0 Å². The van der Waals surface area contributed by atoms with Crippen LogP contribution in [0.5, 0.6) is 0 Å². The number of hydrogen-bond donors (Lipinski definition) is 0. The van der Waals surface area contributed by atoms with Gasteiger partial charge in [-0.1, -0.05) is 18.2 Å². The normalized spacial score (nSPS) is 10.5. The number of nitrogens with zero attached hydrogens (tertiary/aromatic N) is 3. The Morgan fingerprint density at radius 3 is 2.65 bits per heavy atom. The maximum Gasteiger partial charge on any atom is 0.375 e. The van der Waals surface area contributed by atoms with E-state index in [0.29, 0.717) is 5.69 Å². The third-order valence-electron chi connectivity index (χ3n) is 2.15. The first-order chi connectivity index (χ1) is 8.18. The van der Waals surface area contributed by atoms with Crippen LogP contribution in [0.1, 0.15) is 10.5 Å². The summed E-state index contributed by atoms with van der Waals surface area (Å²) in [6.45, 7) is 0. The van der Waals surface area contributed by atoms with Gasteiger partial charge in [0.25, 0.3) is 0 Å². The van der Waals surface area contributed by atoms with Gasteiger partial charge in [-0.25, -0.2) is 9.78 Å². The minimum atomic E-state index is -0.434. The molecule has 1 aromatic heterocycles. The predicted molar refractivity (Wildman–Crippen MR) is 62.7 cm³/mol. The summed E-state index contributed by atoms with van der Waals surface area (Å²) in [7, 11) is 3.31. The van der Waals surface area contributed by atoms with E-state index in [2.05, 4.69) is 4.98 Å². The molecular formula is C12H13N3O2. The summed E-state index contributed by atoms with van der Waals surface area (Å²) in [4.78, 5) is 20.7. The zero-order valence-electron chi connectivity index (χ0n) is 9.70. The fraction of sp³-hybridized carbons (Fsp3) is 0.167. The first-order valence-electron chi connectivity index (χ1n) is 5.16. The largest absolute Gasteiger partial charge is 0.375 e. The minimum Gasteiger partial charge on any atom is -0.363 e. The molecule has 88 valence electrons. The number of carbonyl (C=O) groups is 1. The molecule has 0 aliphatic heterocycles. The number of rotatable bonds is 3. The van der Waals surface area contributed by atoms with E-state index in [4.69, 9.17) is 4.84 Å². The second-order valence-electron chi connectivity index (χ2n) is 3.68. The topological polar surface area (TPSA) is 47.4 Å². The minimum absolute atomic E-state index is 0.393. The highest BCUT2D eigenvalue weighted by Gasteiger charge is 2.15. The van der Waals surface area contributed by atoms with E-state index in [0.717, 1.165) is 5.69 Å². The number of para-hydroxylation sites is 1. The number of aromatic nitrogens is 2. The molecule has 2 aromatic rings. The Bertz CT molecular complexity index is 505. The lowest BCUT2D eigenvalue weighted by atomic mass is 10.3. The van der Waals surface area contributed by atoms with Crippen molar-refractivity contribution in [1.29, 1.82) is 0 Å². The van der Waals surface area contributed by atoms with Crippen LogP contribution in [-0.4, -0.2) is 34.7 Å². The summed E-state index contributed by atoms with van der Waals surface area (Å²) >= 11 is 0. The SMILES string of the molecule is CN(C)OC(=O)c1cncn1-c1ccccc1. The smallest absolute Gasteiger partial charge is 0.363 e. The standard InChI is InChI=1S/C12H13N3O2/c1-14(2)17-12(16)11-8-13-9-15(11)10-6-4-3-5-7-10/h3-9H,1-2H3. The molecule has 1 heterocycles. The highest BCUT2D eigenvalue weighted by molar-refractivity contribution is 5.87. The fourth-order valence-electron chi connectivity index (χ4n) is 1.45. The van der Waals surface area contributed by atoms with Crippen molar-refractivity contribution in [3.63, 3.8) is 0 Å². The van der Waals surface area contributed by atoms with Crippen LogP contribution in [0, 0.1) is 0 Å². The van der Waals surface area contributed by atoms with Crippen molar-refractivity contribution in [1.82, 2.24) is 14.6 Å². The molecule has 0 atom stereocenters. The summed E-state index contributed by atoms with van der Waals surface area (Å²) in [6, 6.07) is 9.51. The molecule has 17 heavy (non-hydrogen) atoms. The van der Waals surface area contributed by atoms with Crippen LogP contribution >= 0.6 is 0 Å². The van der Waals surface area contributed by atoms with Crippen molar-refractivity contribution >= 4 is 5.97 Å². The lowest BCUT2D eigenvalue weighted by molar-refractivity contribution is -0.0720. The average molecular weight is 231 g/mol. The third kappa shape index (κ3) is 2.51. The Hall–Kier alpha value is -2.14. The zero-order valence-corrected chi connectivity index (χ0v) is 9.70. The van der Waals surface area contributed by atoms with Gasteiger partial charge in [0, 0.05) is 19.8 Å². The molecule has 5 nitrogen and oxygen atoms in total. The fourth-order valence-corrected chi connectivity index (χ4v) is 1.45. The average Bonchev–Trinajstić information content (AvgIpc) is 2.78. The van der Waals surface area contributed by atoms with Crippen LogP contribution in [0.3, 0.4) is 0 Å². The molecule has 0 spiro atoms. The maximum atomic E-state index is 11.8. The van der Waals surface area contributed by atoms with Crippen LogP contribution < -0.4 is 0 Å². The zero-order chi connectivity index (χ0) is 12.3. The first-order valence-corrected chi connectivity index (χ1v) is 5.16. The van der Waals surface area contributed by atoms with Crippen LogP contribution in [0.2, 0.25) is 0 Å². The Balaban J connectivity index is 2.32. The first kappa shape index (κ1) is 11.3. The molecule has 2 rings (SSSR count). The molecule has 0 saturated carbocycles. The number of hydrogen-bond acceptors (Lipinski definition) is 4. The van der Waals surface area contributed by atoms with Crippen molar-refractivity contribution in [2.75, 3.05) is 14.1 Å². The Morgan fingerprint density at radius 1 is 1.29 bits per heavy atom. The van der Waals surface area contributed by atoms with Gasteiger partial charge in [0.2, 0.25) is 0 Å². The van der Waals surface area contributed by atoms with Crippen molar-refractivity contribution in [2.24, 2.45) is 0 Å². The van der Waals surface area contributed by atoms with Gasteiger partial charge in [0.1, 0.15) is 0 Å². The highest BCUT2D eigenvalue weighted by atomic mass is 16.7. The summed E-state index contributed by atoms with van der Waals surface area (Å²) < 4.78 is 1.69. The van der Waals surface area contributed by atoms with Gasteiger partial charge < -0.3 is 4.84 Å². The Labute approximate surface area is 99.2 Å². The molecule has 0 bridgehead atoms. The van der Waals surface area contributed by atoms with Crippen molar-refractivity contribution in [3.05, 3.63) is 48.5 Å². The van der Waals surface area contributed by atoms with Gasteiger partial charge in [0.05, 0.1) is 12.5 Å². The summed E-state index contributed by atoms with van der Waals surface area (Å²) in [5, 5.41) is 1.35. The number of imidazole rings is 1. The second-order valence-corrected chi connectivity index (χ2v) is 3.68. The van der Waals surface area contributed by atoms with Gasteiger partial charge in [0.15, 0.2) is 5.69 Å². The number of benzene rings is 1. The summed E-state index contributed by atoms with van der Waals surface area (Å²) in [5.41, 5.74) is 1.26. The Morgan fingerprint density at radius 2 is 2.00 bits per heavy atom. The van der Waals surface area contributed by atoms with Crippen LogP contribution in [0.15, 0.2) is 42.9 Å². The quantitative estimate of drug-likeness (QED) is 0.751. The summed E-state index contributed by atoms with van der Waals surface area (Å²) in [5.74, 6) is -0.434. The molecule has 0 unspecified atom stereocenters. The van der Waals surface area contributed by atoms with E-state index < -0.39 is 5.97 Å². The molecular weight excluding hydrogens is 218 g/mol. The maximum absolute atomic E-state index is 11.8. The van der Waals surface area contributed by atoms with Crippen LogP contribution in [-0.2, 0) is 4.84 Å². The molecule has 0 saturated heterocycles. The van der Waals surface area contributed by atoms with Crippen molar-refractivity contribution in [2.45, 2.75) is 0 Å². The van der Waals surface area contributed by atoms with Crippen LogP contribution in [0.4, 0.5) is 0 Å². The van der Waals surface area contributed by atoms with E-state index in [9.17, 15) is 4.79 Å². The van der Waals surface area contributed by atoms with E-state index in [-0.39, 0.29) is 0 Å². The molecule has 0 radical (unpaired) electrons. The van der Waals surface area contributed by atoms with Crippen molar-refractivity contribution in [3.8, 4) is 5.69 Å². The van der Waals surface area contributed by atoms with Gasteiger partial charge in [-0.05, 0) is 12.1 Å². The highest BCUT2D eigenvalue weighted by Crippen LogP contribution is 2.11. The molecule has 5 heteroatoms. The van der Waals surface area contributed by atoms with Crippen LogP contribution in [0.25, 0.3) is 5.69 Å². The van der Waals surface area contributed by atoms with E-state index in [1.807, 2.05) is 30.3 Å². The summed E-state index contributed by atoms with van der Waals surface area (Å²) in [6.07, 6.45) is 3.07. The van der Waals surface area contributed by atoms with Gasteiger partial charge >= 0.3 is 5.97 Å². The third-order valence-corrected chi connectivity index (χ3v) is 2.15. The number of hydroxylamine groups is 2. The van der Waals surface area contributed by atoms with Crippen molar-refractivity contribution < 1.29 is 9.63 Å². The molecule has 0 fully saturated rings. The van der Waals surface area contributed by atoms with Gasteiger partial charge in [-0.15, -0.1) is 5.06 Å². The van der Waals surface area contributed by atoms with E-state index in [1.165, 1.54) is 11.3 Å². The monoisotopic (exact) mass is 231 g/mol. The molecule has 0 aliphatic carbocycles. The molecule has 0 aliphatic rings. The second kappa shape index (κ2) is 4.80. The molecule has 0 amide bonds. The number of carbonyl (C=O) groups excluding carboxylic acids is 1. The lowest BCUT2D eigenvalue weighted by Crippen LogP contribution is -2.20. The van der Waals surface area contributed by atoms with E-state index in [1.54, 1.807) is 25.0 Å². The predicted octanol–water partition coefficient (Wildman–Crippen LogP) is 1.51. The Kier molecular flexibility index (Phi) is 3.20. The molecule has 0 N–H and O–H groups in total. The van der Waals surface area contributed by atoms with Gasteiger partial charge in [-0.3, -0.25) is 4.57 Å². The lowest BCUT2D eigenvalue weighted by Gasteiger charge is -2.11. The van der Waals surface area contributed by atoms with E-state index >= 15 is 0 Å². The molecule has 1 aromatic carbocycles.